The third-order valence-electron chi connectivity index (χ3n) is 3.45. The van der Waals surface area contributed by atoms with Crippen LogP contribution in [0.2, 0.25) is 0 Å². The molecule has 0 unspecified atom stereocenters. The van der Waals surface area contributed by atoms with Crippen LogP contribution in [0.25, 0.3) is 0 Å². The van der Waals surface area contributed by atoms with Crippen LogP contribution in [0.4, 0.5) is 5.69 Å². The van der Waals surface area contributed by atoms with Gasteiger partial charge in [-0.15, -0.1) is 0 Å². The number of carbonyl (C=O) groups is 2. The topological polar surface area (TPSA) is 109 Å². The summed E-state index contributed by atoms with van der Waals surface area (Å²) < 4.78 is 37.0. The number of methoxy groups -OCH3 is 1. The van der Waals surface area contributed by atoms with Crippen molar-refractivity contribution in [2.24, 2.45) is 0 Å². The highest BCUT2D eigenvalue weighted by molar-refractivity contribution is 7.59. The Morgan fingerprint density at radius 3 is 1.89 bits per heavy atom. The molecule has 0 aromatic heterocycles. The molecule has 0 amide bonds. The average molecular weight is 413 g/mol. The van der Waals surface area contributed by atoms with E-state index in [0.29, 0.717) is 11.4 Å². The first-order chi connectivity index (χ1) is 13.3. The van der Waals surface area contributed by atoms with E-state index in [1.807, 2.05) is 0 Å². The molecule has 10 heteroatoms. The molecule has 0 heterocycles. The maximum atomic E-state index is 12.7. The van der Waals surface area contributed by atoms with Gasteiger partial charge in [0.25, 0.3) is 5.54 Å². The Morgan fingerprint density at radius 2 is 1.50 bits per heavy atom. The zero-order valence-electron chi connectivity index (χ0n) is 16.4. The predicted molar refractivity (Wildman–Crippen MR) is 102 cm³/mol. The number of rotatable bonds is 9. The first-order valence-corrected chi connectivity index (χ1v) is 9.87. The second-order valence-corrected chi connectivity index (χ2v) is 7.09. The first-order valence-electron chi connectivity index (χ1n) is 8.33. The lowest BCUT2D eigenvalue weighted by Crippen LogP contribution is -2.54. The van der Waals surface area contributed by atoms with E-state index in [4.69, 9.17) is 23.3 Å². The minimum absolute atomic E-state index is 0.0157. The fourth-order valence-electron chi connectivity index (χ4n) is 2.01. The van der Waals surface area contributed by atoms with Crippen molar-refractivity contribution >= 4 is 25.2 Å². The van der Waals surface area contributed by atoms with Gasteiger partial charge in [-0.25, -0.2) is 14.2 Å². The van der Waals surface area contributed by atoms with Gasteiger partial charge in [-0.3, -0.25) is 0 Å². The van der Waals surface area contributed by atoms with Crippen LogP contribution in [0.3, 0.4) is 0 Å². The molecule has 28 heavy (non-hydrogen) atoms. The molecule has 0 saturated carbocycles. The third-order valence-corrected chi connectivity index (χ3v) is 4.79. The molecule has 0 radical (unpaired) electrons. The molecule has 9 nitrogen and oxygen atoms in total. The minimum Gasteiger partial charge on any atom is -0.497 e. The van der Waals surface area contributed by atoms with E-state index in [2.05, 4.69) is 16.9 Å². The van der Waals surface area contributed by atoms with Crippen LogP contribution in [-0.4, -0.2) is 52.0 Å². The summed E-state index contributed by atoms with van der Waals surface area (Å²) in [7, 11) is -0.0841. The Balaban J connectivity index is 3.54. The van der Waals surface area contributed by atoms with E-state index in [1.54, 1.807) is 38.1 Å². The molecule has 154 valence electrons. The van der Waals surface area contributed by atoms with Gasteiger partial charge in [0.1, 0.15) is 5.75 Å². The molecule has 0 aliphatic heterocycles. The number of benzene rings is 1. The van der Waals surface area contributed by atoms with Crippen LogP contribution in [-0.2, 0) is 32.7 Å². The SMILES string of the molecule is CCOC(=O)C(C#CP(=O)(OC)OC)(Nc1ccc(OC)cc1)C(=O)OCC. The zero-order chi connectivity index (χ0) is 21.2. The van der Waals surface area contributed by atoms with Crippen molar-refractivity contribution < 1.29 is 37.4 Å². The van der Waals surface area contributed by atoms with Crippen molar-refractivity contribution in [2.75, 3.05) is 39.9 Å². The van der Waals surface area contributed by atoms with Gasteiger partial charge in [-0.05, 0) is 44.0 Å². The summed E-state index contributed by atoms with van der Waals surface area (Å²) in [6.45, 7) is 3.12. The summed E-state index contributed by atoms with van der Waals surface area (Å²) in [5.74, 6) is 0.899. The van der Waals surface area contributed by atoms with Crippen LogP contribution < -0.4 is 10.1 Å². The number of anilines is 1. The van der Waals surface area contributed by atoms with Crippen LogP contribution >= 0.6 is 7.60 Å². The second-order valence-electron chi connectivity index (χ2n) is 5.14. The average Bonchev–Trinajstić information content (AvgIpc) is 2.71. The first kappa shape index (κ1) is 23.5. The summed E-state index contributed by atoms with van der Waals surface area (Å²) in [5, 5.41) is 2.72. The zero-order valence-corrected chi connectivity index (χ0v) is 17.3. The van der Waals surface area contributed by atoms with E-state index in [9.17, 15) is 14.2 Å². The van der Waals surface area contributed by atoms with Crippen molar-refractivity contribution in [2.45, 2.75) is 19.4 Å². The van der Waals surface area contributed by atoms with Crippen molar-refractivity contribution in [3.63, 3.8) is 0 Å². The molecular formula is C18H24NO8P. The largest absolute Gasteiger partial charge is 0.497 e. The predicted octanol–water partition coefficient (Wildman–Crippen LogP) is 2.42. The van der Waals surface area contributed by atoms with Gasteiger partial charge in [0.2, 0.25) is 0 Å². The van der Waals surface area contributed by atoms with Gasteiger partial charge >= 0.3 is 19.5 Å². The van der Waals surface area contributed by atoms with E-state index in [1.165, 1.54) is 7.11 Å². The Kier molecular flexibility index (Phi) is 9.00. The fourth-order valence-corrected chi connectivity index (χ4v) is 2.64. The van der Waals surface area contributed by atoms with Gasteiger partial charge in [0.05, 0.1) is 20.3 Å². The molecule has 0 fully saturated rings. The number of hydrogen-bond donors (Lipinski definition) is 1. The summed E-state index contributed by atoms with van der Waals surface area (Å²) in [5.41, 5.74) is 0.294. The normalized spacial score (nSPS) is 11.0. The van der Waals surface area contributed by atoms with Gasteiger partial charge < -0.3 is 28.6 Å². The lowest BCUT2D eigenvalue weighted by atomic mass is 10.0. The van der Waals surface area contributed by atoms with Crippen molar-refractivity contribution in [1.29, 1.82) is 0 Å². The molecule has 1 aromatic rings. The van der Waals surface area contributed by atoms with Crippen LogP contribution in [0.5, 0.6) is 5.75 Å². The molecular weight excluding hydrogens is 389 g/mol. The number of esters is 2. The highest BCUT2D eigenvalue weighted by atomic mass is 31.2. The summed E-state index contributed by atoms with van der Waals surface area (Å²) in [4.78, 5) is 25.4. The maximum Gasteiger partial charge on any atom is 0.405 e. The van der Waals surface area contributed by atoms with Crippen LogP contribution in [0.15, 0.2) is 24.3 Å². The minimum atomic E-state index is -3.85. The molecule has 0 aliphatic carbocycles. The van der Waals surface area contributed by atoms with Gasteiger partial charge in [-0.2, -0.15) is 0 Å². The molecule has 0 aliphatic rings. The maximum absolute atomic E-state index is 12.7. The van der Waals surface area contributed by atoms with E-state index in [0.717, 1.165) is 14.2 Å². The smallest absolute Gasteiger partial charge is 0.405 e. The Bertz CT molecular complexity index is 755. The lowest BCUT2D eigenvalue weighted by Gasteiger charge is -2.26. The molecule has 1 rings (SSSR count). The van der Waals surface area contributed by atoms with Crippen molar-refractivity contribution in [1.82, 2.24) is 0 Å². The van der Waals surface area contributed by atoms with Gasteiger partial charge in [0.15, 0.2) is 0 Å². The number of nitrogens with one attached hydrogen (secondary N) is 1. The molecule has 0 atom stereocenters. The Labute approximate surface area is 164 Å². The highest BCUT2D eigenvalue weighted by Crippen LogP contribution is 2.45. The highest BCUT2D eigenvalue weighted by Gasteiger charge is 2.49. The molecule has 0 saturated heterocycles. The quantitative estimate of drug-likeness (QED) is 0.282. The Morgan fingerprint density at radius 1 is 1.00 bits per heavy atom. The molecule has 1 N–H and O–H groups in total. The fraction of sp³-hybridized carbons (Fsp3) is 0.444. The van der Waals surface area contributed by atoms with Crippen LogP contribution in [0, 0.1) is 11.6 Å². The molecule has 1 aromatic carbocycles. The summed E-state index contributed by atoms with van der Waals surface area (Å²) in [6, 6.07) is 6.37. The van der Waals surface area contributed by atoms with Crippen LogP contribution in [0.1, 0.15) is 13.8 Å². The van der Waals surface area contributed by atoms with E-state index >= 15 is 0 Å². The van der Waals surface area contributed by atoms with Gasteiger partial charge in [0, 0.05) is 25.6 Å². The molecule has 0 bridgehead atoms. The van der Waals surface area contributed by atoms with E-state index in [-0.39, 0.29) is 13.2 Å². The number of carbonyl (C=O) groups excluding carboxylic acids is 2. The monoisotopic (exact) mass is 413 g/mol. The summed E-state index contributed by atoms with van der Waals surface area (Å²) in [6.07, 6.45) is 0. The number of hydrogen-bond acceptors (Lipinski definition) is 9. The van der Waals surface area contributed by atoms with Gasteiger partial charge in [-0.1, -0.05) is 0 Å². The standard InChI is InChI=1S/C18H24NO8P/c1-6-26-16(20)18(17(21)27-7-2,12-13-28(22,24-4)25-5)19-14-8-10-15(23-3)11-9-14/h8-11,19H,6-7H2,1-5H3. The van der Waals surface area contributed by atoms with E-state index < -0.39 is 25.1 Å². The second kappa shape index (κ2) is 10.7. The molecule has 0 spiro atoms. The summed E-state index contributed by atoms with van der Waals surface area (Å²) >= 11 is 0. The number of ether oxygens (including phenoxy) is 3. The lowest BCUT2D eigenvalue weighted by molar-refractivity contribution is -0.159. The van der Waals surface area contributed by atoms with Crippen molar-refractivity contribution in [3.05, 3.63) is 24.3 Å². The van der Waals surface area contributed by atoms with Crippen molar-refractivity contribution in [3.8, 4) is 17.3 Å². The third kappa shape index (κ3) is 5.73. The Hall–Kier alpha value is -2.53.